The molecule has 2 aromatic rings. The molecule has 1 unspecified atom stereocenters. The minimum absolute atomic E-state index is 0.367. The summed E-state index contributed by atoms with van der Waals surface area (Å²) >= 11 is 0. The highest BCUT2D eigenvalue weighted by molar-refractivity contribution is 5.43. The van der Waals surface area contributed by atoms with Gasteiger partial charge in [-0.2, -0.15) is 5.10 Å². The largest absolute Gasteiger partial charge is 0.313 e. The molecule has 1 aliphatic rings. The van der Waals surface area contributed by atoms with Crippen molar-refractivity contribution >= 4 is 0 Å². The molecule has 94 valence electrons. The number of fused-ring (bicyclic) bond motifs is 1. The summed E-state index contributed by atoms with van der Waals surface area (Å²) in [7, 11) is 1.99. The maximum Gasteiger partial charge on any atom is 0.197 e. The summed E-state index contributed by atoms with van der Waals surface area (Å²) in [6.07, 6.45) is 7.96. The van der Waals surface area contributed by atoms with Crippen molar-refractivity contribution in [1.29, 1.82) is 0 Å². The Bertz CT molecular complexity index is 521. The van der Waals surface area contributed by atoms with Crippen LogP contribution in [0.1, 0.15) is 36.6 Å². The van der Waals surface area contributed by atoms with Crippen molar-refractivity contribution in [2.45, 2.75) is 31.7 Å². The number of hydrogen-bond donors (Lipinski definition) is 2. The molecule has 0 fully saturated rings. The van der Waals surface area contributed by atoms with E-state index in [1.165, 1.54) is 24.7 Å². The van der Waals surface area contributed by atoms with Crippen LogP contribution in [0.2, 0.25) is 0 Å². The molecular formula is C12H16N6. The first kappa shape index (κ1) is 11.3. The minimum atomic E-state index is 0.367. The van der Waals surface area contributed by atoms with Crippen molar-refractivity contribution < 1.29 is 0 Å². The molecule has 0 amide bonds. The third-order valence-electron chi connectivity index (χ3n) is 3.41. The molecule has 3 rings (SSSR count). The van der Waals surface area contributed by atoms with Gasteiger partial charge in [-0.1, -0.05) is 6.42 Å². The smallest absolute Gasteiger partial charge is 0.197 e. The van der Waals surface area contributed by atoms with E-state index in [4.69, 9.17) is 0 Å². The number of aromatic amines is 1. The Balaban J connectivity index is 2.01. The van der Waals surface area contributed by atoms with Crippen molar-refractivity contribution in [3.05, 3.63) is 23.8 Å². The van der Waals surface area contributed by atoms with Crippen LogP contribution < -0.4 is 5.32 Å². The molecule has 1 aliphatic carbocycles. The topological polar surface area (TPSA) is 79.4 Å². The summed E-state index contributed by atoms with van der Waals surface area (Å²) in [5, 5.41) is 9.97. The highest BCUT2D eigenvalue weighted by Crippen LogP contribution is 2.27. The van der Waals surface area contributed by atoms with Gasteiger partial charge in [-0.3, -0.25) is 5.10 Å². The quantitative estimate of drug-likeness (QED) is 0.777. The summed E-state index contributed by atoms with van der Waals surface area (Å²) in [5.41, 5.74) is 2.35. The fraction of sp³-hybridized carbons (Fsp3) is 0.500. The van der Waals surface area contributed by atoms with E-state index in [2.05, 4.69) is 30.5 Å². The van der Waals surface area contributed by atoms with Gasteiger partial charge in [0.15, 0.2) is 11.6 Å². The van der Waals surface area contributed by atoms with Crippen LogP contribution in [0.15, 0.2) is 12.5 Å². The number of nitrogens with zero attached hydrogens (tertiary/aromatic N) is 4. The average molecular weight is 244 g/mol. The number of H-pyrrole nitrogens is 1. The van der Waals surface area contributed by atoms with Gasteiger partial charge < -0.3 is 5.32 Å². The van der Waals surface area contributed by atoms with E-state index in [0.717, 1.165) is 18.5 Å². The van der Waals surface area contributed by atoms with Gasteiger partial charge in [0, 0.05) is 23.5 Å². The van der Waals surface area contributed by atoms with Gasteiger partial charge in [-0.25, -0.2) is 15.0 Å². The summed E-state index contributed by atoms with van der Waals surface area (Å²) in [6, 6.07) is 0.367. The van der Waals surface area contributed by atoms with E-state index in [0.29, 0.717) is 17.7 Å². The number of aryl methyl sites for hydroxylation is 1. The molecular weight excluding hydrogens is 228 g/mol. The second-order valence-electron chi connectivity index (χ2n) is 4.52. The summed E-state index contributed by atoms with van der Waals surface area (Å²) in [6.45, 7) is 0. The van der Waals surface area contributed by atoms with Crippen molar-refractivity contribution in [2.75, 3.05) is 7.05 Å². The standard InChI is InChI=1S/C12H16N6/c1-13-9-4-2-3-5-10-8(9)6-14-11(17-10)12-15-7-16-18-12/h6-7,9,13H,2-5H2,1H3,(H,15,16,18). The minimum Gasteiger partial charge on any atom is -0.313 e. The van der Waals surface area contributed by atoms with Crippen LogP contribution in [0.3, 0.4) is 0 Å². The first-order valence-corrected chi connectivity index (χ1v) is 6.27. The average Bonchev–Trinajstić information content (AvgIpc) is 2.86. The number of rotatable bonds is 2. The second-order valence-corrected chi connectivity index (χ2v) is 4.52. The number of hydrogen-bond acceptors (Lipinski definition) is 5. The Morgan fingerprint density at radius 1 is 1.33 bits per heavy atom. The zero-order valence-corrected chi connectivity index (χ0v) is 10.3. The molecule has 0 aliphatic heterocycles. The summed E-state index contributed by atoms with van der Waals surface area (Å²) in [5.74, 6) is 1.26. The Labute approximate surface area is 105 Å². The lowest BCUT2D eigenvalue weighted by Crippen LogP contribution is -2.17. The lowest BCUT2D eigenvalue weighted by molar-refractivity contribution is 0.532. The predicted octanol–water partition coefficient (Wildman–Crippen LogP) is 1.25. The molecule has 2 aromatic heterocycles. The highest BCUT2D eigenvalue weighted by atomic mass is 15.2. The maximum atomic E-state index is 4.63. The van der Waals surface area contributed by atoms with Gasteiger partial charge in [-0.15, -0.1) is 0 Å². The third-order valence-corrected chi connectivity index (χ3v) is 3.41. The molecule has 0 radical (unpaired) electrons. The van der Waals surface area contributed by atoms with Crippen molar-refractivity contribution in [2.24, 2.45) is 0 Å². The molecule has 18 heavy (non-hydrogen) atoms. The molecule has 2 heterocycles. The molecule has 0 spiro atoms. The Morgan fingerprint density at radius 3 is 3.06 bits per heavy atom. The maximum absolute atomic E-state index is 4.63. The van der Waals surface area contributed by atoms with Gasteiger partial charge >= 0.3 is 0 Å². The van der Waals surface area contributed by atoms with Crippen LogP contribution >= 0.6 is 0 Å². The third kappa shape index (κ3) is 1.99. The fourth-order valence-electron chi connectivity index (χ4n) is 2.44. The van der Waals surface area contributed by atoms with E-state index >= 15 is 0 Å². The number of nitrogens with one attached hydrogen (secondary N) is 2. The van der Waals surface area contributed by atoms with Gasteiger partial charge in [0.2, 0.25) is 0 Å². The molecule has 0 saturated carbocycles. The Morgan fingerprint density at radius 2 is 2.28 bits per heavy atom. The first-order chi connectivity index (χ1) is 8.88. The van der Waals surface area contributed by atoms with E-state index < -0.39 is 0 Å². The van der Waals surface area contributed by atoms with Crippen LogP contribution in [-0.2, 0) is 6.42 Å². The molecule has 1 atom stereocenters. The monoisotopic (exact) mass is 244 g/mol. The normalized spacial score (nSPS) is 19.3. The second kappa shape index (κ2) is 4.81. The zero-order valence-electron chi connectivity index (χ0n) is 10.3. The lowest BCUT2D eigenvalue weighted by atomic mass is 10.1. The molecule has 6 heteroatoms. The van der Waals surface area contributed by atoms with E-state index in [9.17, 15) is 0 Å². The van der Waals surface area contributed by atoms with Gasteiger partial charge in [0.1, 0.15) is 6.33 Å². The Kier molecular flexibility index (Phi) is 3.02. The van der Waals surface area contributed by atoms with Crippen LogP contribution in [0.4, 0.5) is 0 Å². The van der Waals surface area contributed by atoms with Crippen molar-refractivity contribution in [3.63, 3.8) is 0 Å². The van der Waals surface area contributed by atoms with Crippen LogP contribution in [0, 0.1) is 0 Å². The van der Waals surface area contributed by atoms with Gasteiger partial charge in [0.05, 0.1) is 0 Å². The zero-order chi connectivity index (χ0) is 12.4. The molecule has 6 nitrogen and oxygen atoms in total. The fourth-order valence-corrected chi connectivity index (χ4v) is 2.44. The van der Waals surface area contributed by atoms with E-state index in [1.807, 2.05) is 13.2 Å². The molecule has 2 N–H and O–H groups in total. The van der Waals surface area contributed by atoms with E-state index in [1.54, 1.807) is 0 Å². The highest BCUT2D eigenvalue weighted by Gasteiger charge is 2.20. The van der Waals surface area contributed by atoms with Gasteiger partial charge in [0.25, 0.3) is 0 Å². The van der Waals surface area contributed by atoms with Crippen molar-refractivity contribution in [1.82, 2.24) is 30.5 Å². The van der Waals surface area contributed by atoms with Crippen molar-refractivity contribution in [3.8, 4) is 11.6 Å². The van der Waals surface area contributed by atoms with Gasteiger partial charge in [-0.05, 0) is 26.3 Å². The SMILES string of the molecule is CNC1CCCCc2nc(-c3ncn[nH]3)ncc21. The molecule has 0 saturated heterocycles. The summed E-state index contributed by atoms with van der Waals surface area (Å²) in [4.78, 5) is 13.1. The first-order valence-electron chi connectivity index (χ1n) is 6.27. The Hall–Kier alpha value is -1.82. The van der Waals surface area contributed by atoms with E-state index in [-0.39, 0.29) is 0 Å². The van der Waals surface area contributed by atoms with Crippen LogP contribution in [0.5, 0.6) is 0 Å². The number of aromatic nitrogens is 5. The lowest BCUT2D eigenvalue weighted by Gasteiger charge is -2.15. The molecule has 0 aromatic carbocycles. The van der Waals surface area contributed by atoms with Crippen LogP contribution in [-0.4, -0.2) is 32.2 Å². The predicted molar refractivity (Wildman–Crippen MR) is 66.8 cm³/mol. The van der Waals surface area contributed by atoms with Crippen LogP contribution in [0.25, 0.3) is 11.6 Å². The summed E-state index contributed by atoms with van der Waals surface area (Å²) < 4.78 is 0. The molecule has 0 bridgehead atoms.